The summed E-state index contributed by atoms with van der Waals surface area (Å²) in [5.74, 6) is 0. The summed E-state index contributed by atoms with van der Waals surface area (Å²) in [7, 11) is 2.00. The molecule has 0 aliphatic heterocycles. The van der Waals surface area contributed by atoms with E-state index in [0.717, 1.165) is 13.1 Å². The van der Waals surface area contributed by atoms with Gasteiger partial charge in [0.1, 0.15) is 0 Å². The van der Waals surface area contributed by atoms with Gasteiger partial charge in [0.15, 0.2) is 0 Å². The van der Waals surface area contributed by atoms with Gasteiger partial charge in [-0.25, -0.2) is 0 Å². The number of benzene rings is 1. The van der Waals surface area contributed by atoms with E-state index in [-0.39, 0.29) is 0 Å². The molecule has 0 aliphatic rings. The molecule has 1 rings (SSSR count). The van der Waals surface area contributed by atoms with E-state index < -0.39 is 0 Å². The summed E-state index contributed by atoms with van der Waals surface area (Å²) in [4.78, 5) is 0. The van der Waals surface area contributed by atoms with Crippen molar-refractivity contribution in [2.75, 3.05) is 25.5 Å². The van der Waals surface area contributed by atoms with Crippen LogP contribution in [0.3, 0.4) is 0 Å². The third kappa shape index (κ3) is 4.34. The Labute approximate surface area is 93.1 Å². The predicted octanol–water partition coefficient (Wildman–Crippen LogP) is 2.71. The lowest BCUT2D eigenvalue weighted by Gasteiger charge is -2.09. The van der Waals surface area contributed by atoms with Crippen LogP contribution in [0.25, 0.3) is 0 Å². The van der Waals surface area contributed by atoms with E-state index in [1.54, 1.807) is 0 Å². The molecule has 15 heavy (non-hydrogen) atoms. The number of nitrogens with one attached hydrogen (secondary N) is 2. The summed E-state index contributed by atoms with van der Waals surface area (Å²) in [6.45, 7) is 6.45. The highest BCUT2D eigenvalue weighted by atomic mass is 14.9. The average molecular weight is 206 g/mol. The van der Waals surface area contributed by atoms with E-state index in [2.05, 4.69) is 42.7 Å². The van der Waals surface area contributed by atoms with E-state index >= 15 is 0 Å². The maximum absolute atomic E-state index is 3.47. The first kappa shape index (κ1) is 12.1. The maximum atomic E-state index is 3.47. The van der Waals surface area contributed by atoms with E-state index in [1.165, 1.54) is 29.7 Å². The quantitative estimate of drug-likeness (QED) is 0.699. The summed E-state index contributed by atoms with van der Waals surface area (Å²) >= 11 is 0. The highest BCUT2D eigenvalue weighted by molar-refractivity contribution is 5.51. The normalized spacial score (nSPS) is 10.3. The summed E-state index contributed by atoms with van der Waals surface area (Å²) in [5.41, 5.74) is 3.93. The first-order chi connectivity index (χ1) is 7.24. The monoisotopic (exact) mass is 206 g/mol. The van der Waals surface area contributed by atoms with E-state index in [0.29, 0.717) is 0 Å². The van der Waals surface area contributed by atoms with Crippen molar-refractivity contribution in [2.45, 2.75) is 26.7 Å². The Balaban J connectivity index is 2.31. The molecule has 0 amide bonds. The minimum absolute atomic E-state index is 1.06. The molecule has 0 atom stereocenters. The molecule has 0 spiro atoms. The van der Waals surface area contributed by atoms with Crippen LogP contribution in [0, 0.1) is 13.8 Å². The van der Waals surface area contributed by atoms with Gasteiger partial charge in [0.2, 0.25) is 0 Å². The van der Waals surface area contributed by atoms with Crippen LogP contribution in [0.5, 0.6) is 0 Å². The Kier molecular flexibility index (Phi) is 5.19. The number of anilines is 1. The van der Waals surface area contributed by atoms with Crippen molar-refractivity contribution in [2.24, 2.45) is 0 Å². The zero-order valence-electron chi connectivity index (χ0n) is 10.1. The Morgan fingerprint density at radius 3 is 2.47 bits per heavy atom. The molecule has 0 unspecified atom stereocenters. The van der Waals surface area contributed by atoms with Gasteiger partial charge < -0.3 is 10.6 Å². The topological polar surface area (TPSA) is 24.1 Å². The van der Waals surface area contributed by atoms with Crippen molar-refractivity contribution in [1.82, 2.24) is 5.32 Å². The molecular weight excluding hydrogens is 184 g/mol. The number of hydrogen-bond acceptors (Lipinski definition) is 2. The lowest BCUT2D eigenvalue weighted by atomic mass is 10.1. The number of rotatable bonds is 6. The Morgan fingerprint density at radius 2 is 1.80 bits per heavy atom. The third-order valence-corrected chi connectivity index (χ3v) is 2.55. The van der Waals surface area contributed by atoms with Crippen molar-refractivity contribution in [3.63, 3.8) is 0 Å². The van der Waals surface area contributed by atoms with E-state index in [4.69, 9.17) is 0 Å². The molecule has 2 N–H and O–H groups in total. The van der Waals surface area contributed by atoms with Crippen LogP contribution in [-0.4, -0.2) is 20.1 Å². The van der Waals surface area contributed by atoms with Crippen molar-refractivity contribution in [1.29, 1.82) is 0 Å². The first-order valence-corrected chi connectivity index (χ1v) is 5.70. The van der Waals surface area contributed by atoms with Gasteiger partial charge in [0.05, 0.1) is 0 Å². The van der Waals surface area contributed by atoms with Crippen LogP contribution in [0.2, 0.25) is 0 Å². The smallest absolute Gasteiger partial charge is 0.0370 e. The van der Waals surface area contributed by atoms with Crippen LogP contribution >= 0.6 is 0 Å². The SMILES string of the molecule is CNCCCCNc1ccc(C)cc1C. The van der Waals surface area contributed by atoms with Gasteiger partial charge in [-0.3, -0.25) is 0 Å². The zero-order chi connectivity index (χ0) is 11.1. The molecule has 84 valence electrons. The van der Waals surface area contributed by atoms with Gasteiger partial charge in [-0.1, -0.05) is 17.7 Å². The summed E-state index contributed by atoms with van der Waals surface area (Å²) < 4.78 is 0. The molecule has 0 saturated heterocycles. The lowest BCUT2D eigenvalue weighted by molar-refractivity contribution is 0.694. The summed E-state index contributed by atoms with van der Waals surface area (Å²) in [6.07, 6.45) is 2.45. The number of aryl methyl sites for hydroxylation is 2. The van der Waals surface area contributed by atoms with Crippen LogP contribution in [0.1, 0.15) is 24.0 Å². The van der Waals surface area contributed by atoms with Gasteiger partial charge in [-0.15, -0.1) is 0 Å². The van der Waals surface area contributed by atoms with Crippen LogP contribution in [-0.2, 0) is 0 Å². The van der Waals surface area contributed by atoms with Gasteiger partial charge in [0, 0.05) is 12.2 Å². The summed E-state index contributed by atoms with van der Waals surface area (Å²) in [5, 5.41) is 6.63. The zero-order valence-corrected chi connectivity index (χ0v) is 10.1. The van der Waals surface area contributed by atoms with Gasteiger partial charge in [-0.05, 0) is 51.9 Å². The largest absolute Gasteiger partial charge is 0.385 e. The molecule has 2 nitrogen and oxygen atoms in total. The molecule has 0 bridgehead atoms. The number of unbranched alkanes of at least 4 members (excludes halogenated alkanes) is 1. The molecule has 1 aromatic carbocycles. The standard InChI is InChI=1S/C13H22N2/c1-11-6-7-13(12(2)10-11)15-9-5-4-8-14-3/h6-7,10,14-15H,4-5,8-9H2,1-3H3. The Morgan fingerprint density at radius 1 is 1.07 bits per heavy atom. The number of hydrogen-bond donors (Lipinski definition) is 2. The molecule has 2 heteroatoms. The molecule has 0 saturated carbocycles. The molecule has 0 aromatic heterocycles. The minimum Gasteiger partial charge on any atom is -0.385 e. The van der Waals surface area contributed by atoms with Crippen LogP contribution in [0.15, 0.2) is 18.2 Å². The molecule has 0 aliphatic carbocycles. The molecule has 0 fully saturated rings. The molecular formula is C13H22N2. The van der Waals surface area contributed by atoms with Crippen LogP contribution in [0.4, 0.5) is 5.69 Å². The highest BCUT2D eigenvalue weighted by Gasteiger charge is 1.96. The second-order valence-corrected chi connectivity index (χ2v) is 4.06. The highest BCUT2D eigenvalue weighted by Crippen LogP contribution is 2.15. The Bertz CT molecular complexity index is 295. The van der Waals surface area contributed by atoms with Crippen molar-refractivity contribution < 1.29 is 0 Å². The van der Waals surface area contributed by atoms with E-state index in [1.807, 2.05) is 7.05 Å². The predicted molar refractivity (Wildman–Crippen MR) is 67.6 cm³/mol. The van der Waals surface area contributed by atoms with Crippen molar-refractivity contribution in [3.05, 3.63) is 29.3 Å². The average Bonchev–Trinajstić information content (AvgIpc) is 2.20. The fourth-order valence-corrected chi connectivity index (χ4v) is 1.66. The molecule has 1 aromatic rings. The van der Waals surface area contributed by atoms with Gasteiger partial charge in [-0.2, -0.15) is 0 Å². The second kappa shape index (κ2) is 6.46. The summed E-state index contributed by atoms with van der Waals surface area (Å²) in [6, 6.07) is 6.54. The van der Waals surface area contributed by atoms with E-state index in [9.17, 15) is 0 Å². The minimum atomic E-state index is 1.06. The molecule has 0 heterocycles. The van der Waals surface area contributed by atoms with Crippen molar-refractivity contribution in [3.8, 4) is 0 Å². The van der Waals surface area contributed by atoms with Gasteiger partial charge >= 0.3 is 0 Å². The fraction of sp³-hybridized carbons (Fsp3) is 0.538. The second-order valence-electron chi connectivity index (χ2n) is 4.06. The fourth-order valence-electron chi connectivity index (χ4n) is 1.66. The first-order valence-electron chi connectivity index (χ1n) is 5.70. The maximum Gasteiger partial charge on any atom is 0.0370 e. The Hall–Kier alpha value is -1.02. The van der Waals surface area contributed by atoms with Gasteiger partial charge in [0.25, 0.3) is 0 Å². The van der Waals surface area contributed by atoms with Crippen molar-refractivity contribution >= 4 is 5.69 Å². The molecule has 0 radical (unpaired) electrons. The third-order valence-electron chi connectivity index (χ3n) is 2.55. The lowest BCUT2D eigenvalue weighted by Crippen LogP contribution is -2.10. The van der Waals surface area contributed by atoms with Crippen LogP contribution < -0.4 is 10.6 Å².